The highest BCUT2D eigenvalue weighted by molar-refractivity contribution is 5.85. The van der Waals surface area contributed by atoms with Crippen LogP contribution in [0.15, 0.2) is 12.5 Å². The molecule has 4 rings (SSSR count). The van der Waals surface area contributed by atoms with E-state index in [0.717, 1.165) is 17.3 Å². The Morgan fingerprint density at radius 2 is 2.16 bits per heavy atom. The Morgan fingerprint density at radius 3 is 2.80 bits per heavy atom. The third-order valence-electron chi connectivity index (χ3n) is 4.65. The van der Waals surface area contributed by atoms with Crippen LogP contribution in [-0.4, -0.2) is 48.1 Å². The fourth-order valence-corrected chi connectivity index (χ4v) is 3.13. The second-order valence-corrected chi connectivity index (χ2v) is 6.42. The Hall–Kier alpha value is -1.64. The summed E-state index contributed by atoms with van der Waals surface area (Å²) in [5, 5.41) is 4.59. The maximum atomic E-state index is 12.7. The number of fused-ring (bicyclic) bond motifs is 1. The van der Waals surface area contributed by atoms with Gasteiger partial charge in [0.05, 0.1) is 25.0 Å². The van der Waals surface area contributed by atoms with Gasteiger partial charge in [0.1, 0.15) is 5.82 Å². The highest BCUT2D eigenvalue weighted by Gasteiger charge is 2.35. The molecule has 0 bridgehead atoms. The van der Waals surface area contributed by atoms with E-state index in [9.17, 15) is 4.79 Å². The van der Waals surface area contributed by atoms with E-state index in [4.69, 9.17) is 5.73 Å². The van der Waals surface area contributed by atoms with E-state index in [1.54, 1.807) is 12.5 Å². The molecule has 1 aliphatic heterocycles. The predicted molar refractivity (Wildman–Crippen MR) is 96.9 cm³/mol. The van der Waals surface area contributed by atoms with Crippen LogP contribution in [0.1, 0.15) is 49.1 Å². The summed E-state index contributed by atoms with van der Waals surface area (Å²) < 4.78 is 1.95. The smallest absolute Gasteiger partial charge is 0.240 e. The quantitative estimate of drug-likeness (QED) is 0.819. The lowest BCUT2D eigenvalue weighted by molar-refractivity contribution is -0.136. The molecular weight excluding hydrogens is 365 g/mol. The van der Waals surface area contributed by atoms with Crippen LogP contribution in [0.25, 0.3) is 0 Å². The van der Waals surface area contributed by atoms with Gasteiger partial charge in [0, 0.05) is 30.8 Å². The molecule has 2 atom stereocenters. The number of H-pyrrole nitrogens is 1. The summed E-state index contributed by atoms with van der Waals surface area (Å²) in [4.78, 5) is 26.1. The van der Waals surface area contributed by atoms with Crippen molar-refractivity contribution in [2.24, 2.45) is 5.73 Å². The molecule has 2 aliphatic rings. The van der Waals surface area contributed by atoms with Gasteiger partial charge in [-0.1, -0.05) is 0 Å². The molecule has 0 radical (unpaired) electrons. The van der Waals surface area contributed by atoms with Gasteiger partial charge < -0.3 is 15.6 Å². The third-order valence-corrected chi connectivity index (χ3v) is 4.65. The number of hydrogen-bond acceptors (Lipinski definition) is 5. The minimum Gasteiger partial charge on any atom is -0.348 e. The molecule has 2 aromatic heterocycles. The maximum absolute atomic E-state index is 12.7. The Morgan fingerprint density at radius 1 is 1.40 bits per heavy atom. The number of amides is 1. The predicted octanol–water partition coefficient (Wildman–Crippen LogP) is 1.20. The van der Waals surface area contributed by atoms with Crippen LogP contribution in [0.4, 0.5) is 0 Å². The summed E-state index contributed by atoms with van der Waals surface area (Å²) in [6.07, 6.45) is 6.11. The van der Waals surface area contributed by atoms with Crippen LogP contribution < -0.4 is 5.73 Å². The van der Waals surface area contributed by atoms with Crippen molar-refractivity contribution in [1.82, 2.24) is 29.6 Å². The van der Waals surface area contributed by atoms with Crippen LogP contribution in [0.2, 0.25) is 0 Å². The number of carbonyl (C=O) groups excluding carboxylic acids is 1. The number of nitrogens with zero attached hydrogens (tertiary/aromatic N) is 5. The number of nitrogens with two attached hydrogens (primary N) is 1. The molecule has 0 spiro atoms. The van der Waals surface area contributed by atoms with Crippen molar-refractivity contribution >= 4 is 30.7 Å². The molecule has 138 valence electrons. The number of carbonyl (C=O) groups is 1. The van der Waals surface area contributed by atoms with Gasteiger partial charge in [-0.15, -0.1) is 24.8 Å². The molecule has 3 N–H and O–H groups in total. The maximum Gasteiger partial charge on any atom is 0.240 e. The molecule has 1 amide bonds. The van der Waals surface area contributed by atoms with Crippen LogP contribution in [0.3, 0.4) is 0 Å². The standard InChI is InChI=1S/C15H21N7O.2ClH/c1-9-14-19-13(10-2-3-10)20-22(14)5-4-21(9)15(23)12(16)6-11-7-17-8-18-11;;/h7-10,12H,2-6,16H2,1H3,(H,17,18);2*1H/t9-,12+;;/m1../s1. The van der Waals surface area contributed by atoms with Crippen molar-refractivity contribution in [2.75, 3.05) is 6.54 Å². The lowest BCUT2D eigenvalue weighted by atomic mass is 10.1. The second kappa shape index (κ2) is 7.72. The van der Waals surface area contributed by atoms with Crippen molar-refractivity contribution in [3.8, 4) is 0 Å². The van der Waals surface area contributed by atoms with Gasteiger partial charge in [-0.2, -0.15) is 5.10 Å². The van der Waals surface area contributed by atoms with Crippen LogP contribution in [0.5, 0.6) is 0 Å². The molecule has 0 unspecified atom stereocenters. The monoisotopic (exact) mass is 387 g/mol. The highest BCUT2D eigenvalue weighted by Crippen LogP contribution is 2.39. The molecular formula is C15H23Cl2N7O. The first-order valence-electron chi connectivity index (χ1n) is 8.11. The third kappa shape index (κ3) is 3.80. The number of nitrogens with one attached hydrogen (secondary N) is 1. The zero-order chi connectivity index (χ0) is 16.0. The highest BCUT2D eigenvalue weighted by atomic mass is 35.5. The first-order valence-corrected chi connectivity index (χ1v) is 8.11. The SMILES string of the molecule is C[C@@H]1c2nc(C3CC3)nn2CCN1C(=O)[C@@H](N)Cc1cnc[nH]1.Cl.Cl. The number of hydrogen-bond donors (Lipinski definition) is 2. The number of imidazole rings is 1. The van der Waals surface area contributed by atoms with Gasteiger partial charge in [-0.05, 0) is 19.8 Å². The van der Waals surface area contributed by atoms with E-state index in [1.807, 2.05) is 16.5 Å². The average molecular weight is 388 g/mol. The van der Waals surface area contributed by atoms with Crippen molar-refractivity contribution in [3.63, 3.8) is 0 Å². The zero-order valence-corrected chi connectivity index (χ0v) is 15.6. The summed E-state index contributed by atoms with van der Waals surface area (Å²) >= 11 is 0. The Kier molecular flexibility index (Phi) is 6.08. The van der Waals surface area contributed by atoms with Crippen molar-refractivity contribution in [1.29, 1.82) is 0 Å². The molecule has 0 aromatic carbocycles. The number of aromatic nitrogens is 5. The first-order chi connectivity index (χ1) is 11.1. The molecule has 1 aliphatic carbocycles. The van der Waals surface area contributed by atoms with Crippen molar-refractivity contribution in [3.05, 3.63) is 29.9 Å². The molecule has 0 saturated heterocycles. The van der Waals surface area contributed by atoms with E-state index >= 15 is 0 Å². The zero-order valence-electron chi connectivity index (χ0n) is 14.0. The summed E-state index contributed by atoms with van der Waals surface area (Å²) in [6.45, 7) is 3.30. The topological polar surface area (TPSA) is 106 Å². The average Bonchev–Trinajstić information content (AvgIpc) is 3.08. The van der Waals surface area contributed by atoms with Gasteiger partial charge in [0.2, 0.25) is 5.91 Å². The fraction of sp³-hybridized carbons (Fsp3) is 0.600. The minimum absolute atomic E-state index is 0. The number of halogens is 2. The van der Waals surface area contributed by atoms with Crippen molar-refractivity contribution in [2.45, 2.75) is 50.7 Å². The lowest BCUT2D eigenvalue weighted by Gasteiger charge is -2.34. The van der Waals surface area contributed by atoms with Gasteiger partial charge in [0.15, 0.2) is 5.82 Å². The normalized spacial score (nSPS) is 20.2. The van der Waals surface area contributed by atoms with E-state index in [0.29, 0.717) is 25.4 Å². The van der Waals surface area contributed by atoms with E-state index in [1.165, 1.54) is 12.8 Å². The lowest BCUT2D eigenvalue weighted by Crippen LogP contribution is -2.49. The molecule has 2 aromatic rings. The Labute approximate surface area is 158 Å². The number of rotatable bonds is 4. The fourth-order valence-electron chi connectivity index (χ4n) is 3.13. The first kappa shape index (κ1) is 19.7. The van der Waals surface area contributed by atoms with Crippen molar-refractivity contribution < 1.29 is 4.79 Å². The van der Waals surface area contributed by atoms with E-state index in [2.05, 4.69) is 20.1 Å². The molecule has 10 heteroatoms. The molecule has 25 heavy (non-hydrogen) atoms. The van der Waals surface area contributed by atoms with E-state index < -0.39 is 6.04 Å². The molecule has 1 fully saturated rings. The summed E-state index contributed by atoms with van der Waals surface area (Å²) in [6, 6.07) is -0.667. The molecule has 3 heterocycles. The van der Waals surface area contributed by atoms with Gasteiger partial charge in [0.25, 0.3) is 0 Å². The summed E-state index contributed by atoms with van der Waals surface area (Å²) in [5.74, 6) is 2.28. The van der Waals surface area contributed by atoms with Crippen LogP contribution >= 0.6 is 24.8 Å². The van der Waals surface area contributed by atoms with Crippen LogP contribution in [0, 0.1) is 0 Å². The van der Waals surface area contributed by atoms with Gasteiger partial charge in [-0.25, -0.2) is 14.6 Å². The summed E-state index contributed by atoms with van der Waals surface area (Å²) in [5.41, 5.74) is 6.97. The molecule has 1 saturated carbocycles. The summed E-state index contributed by atoms with van der Waals surface area (Å²) in [7, 11) is 0. The largest absolute Gasteiger partial charge is 0.348 e. The second-order valence-electron chi connectivity index (χ2n) is 6.42. The van der Waals surface area contributed by atoms with E-state index in [-0.39, 0.29) is 36.8 Å². The molecule has 8 nitrogen and oxygen atoms in total. The van der Waals surface area contributed by atoms with Crippen LogP contribution in [-0.2, 0) is 17.8 Å². The van der Waals surface area contributed by atoms with Gasteiger partial charge >= 0.3 is 0 Å². The van der Waals surface area contributed by atoms with Gasteiger partial charge in [-0.3, -0.25) is 4.79 Å². The minimum atomic E-state index is -0.574. The Bertz CT molecular complexity index is 714. The number of aromatic amines is 1. The Balaban J connectivity index is 0.00000113.